The molecule has 0 radical (unpaired) electrons. The van der Waals surface area contributed by atoms with E-state index in [2.05, 4.69) is 59.0 Å². The Bertz CT molecular complexity index is 5750. The number of aryl methyl sites for hydroxylation is 2. The van der Waals surface area contributed by atoms with E-state index in [4.69, 9.17) is 46.4 Å². The van der Waals surface area contributed by atoms with Crippen LogP contribution in [0.25, 0.3) is 11.1 Å². The molecule has 4 aromatic carbocycles. The smallest absolute Gasteiger partial charge is 0.271 e. The van der Waals surface area contributed by atoms with Crippen molar-refractivity contribution in [3.05, 3.63) is 247 Å². The maximum absolute atomic E-state index is 12.6. The van der Waals surface area contributed by atoms with Crippen molar-refractivity contribution >= 4 is 210 Å². The molecule has 15 rings (SSSR count). The fourth-order valence-corrected chi connectivity index (χ4v) is 24.5. The van der Waals surface area contributed by atoms with E-state index in [1.54, 1.807) is 104 Å². The fraction of sp³-hybridized carbons (Fsp3) is 0.234. The Hall–Kier alpha value is -8.06. The summed E-state index contributed by atoms with van der Waals surface area (Å²) < 4.78 is 140. The highest BCUT2D eigenvalue weighted by atomic mass is 35.5. The number of piperidine rings is 2. The average molecular weight is 1800 g/mol. The molecule has 2 saturated heterocycles. The number of rotatable bonds is 22. The third-order valence-corrected chi connectivity index (χ3v) is 32.5. The van der Waals surface area contributed by atoms with E-state index in [0.717, 1.165) is 131 Å². The molecule has 7 N–H and O–H groups in total. The summed E-state index contributed by atoms with van der Waals surface area (Å²) in [7, 11) is -18.1. The number of para-hydroxylation sites is 2. The largest absolute Gasteiger partial charge is 0.370 e. The maximum atomic E-state index is 12.6. The van der Waals surface area contributed by atoms with Gasteiger partial charge in [-0.25, -0.2) is 57.0 Å². The predicted molar refractivity (Wildman–Crippen MR) is 469 cm³/mol. The molecule has 22 nitrogen and oxygen atoms in total. The Morgan fingerprint density at radius 3 is 1.26 bits per heavy atom. The molecule has 596 valence electrons. The van der Waals surface area contributed by atoms with Gasteiger partial charge in [-0.15, -0.1) is 56.7 Å². The monoisotopic (exact) mass is 1790 g/mol. The molecule has 2 aliphatic heterocycles. The summed E-state index contributed by atoms with van der Waals surface area (Å²) in [4.78, 5) is 19.1. The van der Waals surface area contributed by atoms with Crippen LogP contribution < -0.4 is 44.0 Å². The first-order chi connectivity index (χ1) is 54.2. The Balaban J connectivity index is 0.000000139. The maximum Gasteiger partial charge on any atom is 0.271 e. The molecule has 113 heavy (non-hydrogen) atoms. The van der Waals surface area contributed by atoms with Gasteiger partial charge in [-0.2, -0.15) is 0 Å². The van der Waals surface area contributed by atoms with Crippen molar-refractivity contribution in [2.45, 2.75) is 112 Å². The molecular formula is C77H80Cl4N12O10S10. The standard InChI is InChI=1S/C17H15NO2S2.C16H19ClN2O2S2.C15H18ClN3O2S2.C15H12ClN3O2S2.C14H16ClN3O2S2/c1-13-11-12-17(21-13)22(19,20)18-16-10-6-5-9-15(16)14-7-3-2-4-8-14;1-12-5-8-16(22-12)23(20,21)18-14-11-13(17)6-7-15(14)19-9-3-2-4-10-19;2*16-13-8-9-14(22-13)23(20,21)19-12-7-4-10-17-15(12)18-11-5-2-1-3-6-11;15-12-6-7-13(21-12)22(19,20)17-11-5-4-8-16-14(11)18-9-2-1-3-10-18/h2-12,18H,1H3;5-8,11,18H,2-4,9-10H2,1H3;4,7-11,19H,1-3,5-6H2,(H,17,18);1-10,19H,(H,17,18);4-8,17H,1-3,9-10H2. The van der Waals surface area contributed by atoms with E-state index in [0.29, 0.717) is 78.4 Å². The van der Waals surface area contributed by atoms with E-state index in [9.17, 15) is 42.1 Å². The van der Waals surface area contributed by atoms with Crippen molar-refractivity contribution in [2.24, 2.45) is 0 Å². The number of hydrogen-bond donors (Lipinski definition) is 7. The predicted octanol–water partition coefficient (Wildman–Crippen LogP) is 21.3. The fourth-order valence-electron chi connectivity index (χ4n) is 12.0. The van der Waals surface area contributed by atoms with Crippen molar-refractivity contribution in [1.82, 2.24) is 15.0 Å². The highest BCUT2D eigenvalue weighted by molar-refractivity contribution is 7.96. The van der Waals surface area contributed by atoms with Gasteiger partial charge in [0.25, 0.3) is 50.1 Å². The topological polar surface area (TPSA) is 300 Å². The van der Waals surface area contributed by atoms with Gasteiger partial charge in [0.15, 0.2) is 17.5 Å². The van der Waals surface area contributed by atoms with Crippen molar-refractivity contribution in [1.29, 1.82) is 0 Å². The summed E-state index contributed by atoms with van der Waals surface area (Å²) in [6, 6.07) is 58.5. The first-order valence-electron chi connectivity index (χ1n) is 35.6. The highest BCUT2D eigenvalue weighted by Crippen LogP contribution is 2.38. The van der Waals surface area contributed by atoms with E-state index in [-0.39, 0.29) is 12.6 Å². The second-order valence-electron chi connectivity index (χ2n) is 25.7. The van der Waals surface area contributed by atoms with Gasteiger partial charge in [0, 0.05) is 76.8 Å². The number of sulfonamides is 5. The number of anilines is 10. The zero-order valence-corrected chi connectivity index (χ0v) is 72.1. The second-order valence-corrected chi connectivity index (χ2v) is 43.4. The van der Waals surface area contributed by atoms with Crippen molar-refractivity contribution < 1.29 is 42.1 Å². The third kappa shape index (κ3) is 24.7. The highest BCUT2D eigenvalue weighted by Gasteiger charge is 2.27. The Morgan fingerprint density at radius 1 is 0.363 bits per heavy atom. The molecular weight excluding hydrogens is 1720 g/mol. The zero-order valence-electron chi connectivity index (χ0n) is 60.9. The van der Waals surface area contributed by atoms with Crippen molar-refractivity contribution in [3.8, 4) is 11.1 Å². The van der Waals surface area contributed by atoms with Gasteiger partial charge >= 0.3 is 0 Å². The van der Waals surface area contributed by atoms with Crippen LogP contribution in [0.3, 0.4) is 0 Å². The summed E-state index contributed by atoms with van der Waals surface area (Å²) in [5, 5.41) is 6.98. The van der Waals surface area contributed by atoms with Gasteiger partial charge in [-0.1, -0.05) is 132 Å². The van der Waals surface area contributed by atoms with Gasteiger partial charge in [-0.05, 0) is 204 Å². The van der Waals surface area contributed by atoms with Crippen LogP contribution in [-0.2, 0) is 50.1 Å². The molecule has 1 saturated carbocycles. The van der Waals surface area contributed by atoms with Crippen LogP contribution in [0.5, 0.6) is 0 Å². The molecule has 10 heterocycles. The lowest BCUT2D eigenvalue weighted by molar-refractivity contribution is 0.462. The van der Waals surface area contributed by atoms with Crippen molar-refractivity contribution in [3.63, 3.8) is 0 Å². The van der Waals surface area contributed by atoms with Gasteiger partial charge < -0.3 is 20.4 Å². The molecule has 0 atom stereocenters. The summed E-state index contributed by atoms with van der Waals surface area (Å²) in [5.74, 6) is 1.68. The van der Waals surface area contributed by atoms with Gasteiger partial charge in [0.1, 0.15) is 21.0 Å². The Labute approximate surface area is 700 Å². The van der Waals surface area contributed by atoms with E-state index < -0.39 is 50.1 Å². The van der Waals surface area contributed by atoms with Crippen LogP contribution in [0.1, 0.15) is 80.4 Å². The molecule has 0 bridgehead atoms. The second kappa shape index (κ2) is 40.0. The molecule has 0 unspecified atom stereocenters. The van der Waals surface area contributed by atoms with Crippen LogP contribution in [0.2, 0.25) is 18.0 Å². The number of nitrogens with zero attached hydrogens (tertiary/aromatic N) is 5. The van der Waals surface area contributed by atoms with E-state index in [1.165, 1.54) is 73.0 Å². The third-order valence-electron chi connectivity index (χ3n) is 17.3. The Kier molecular flexibility index (Phi) is 30.4. The molecule has 3 fully saturated rings. The zero-order chi connectivity index (χ0) is 80.2. The number of benzene rings is 4. The molecule has 0 spiro atoms. The van der Waals surface area contributed by atoms with Crippen LogP contribution in [0.15, 0.2) is 240 Å². The first kappa shape index (κ1) is 85.8. The lowest BCUT2D eigenvalue weighted by atomic mass is 9.95. The lowest BCUT2D eigenvalue weighted by Crippen LogP contribution is -2.31. The quantitative estimate of drug-likeness (QED) is 0.0332. The van der Waals surface area contributed by atoms with E-state index >= 15 is 0 Å². The van der Waals surface area contributed by atoms with Crippen LogP contribution in [0, 0.1) is 13.8 Å². The molecule has 36 heteroatoms. The molecule has 1 aliphatic carbocycles. The molecule has 0 amide bonds. The first-order valence-corrected chi connectivity index (χ1v) is 48.6. The molecule has 3 aliphatic rings. The SMILES string of the molecule is Cc1ccc(S(=O)(=O)Nc2cc(Cl)ccc2N2CCCCC2)s1.Cc1ccc(S(=O)(=O)Nc2ccccc2-c2ccccc2)s1.O=S(=O)(Nc1cccnc1N1CCCCC1)c1ccc(Cl)s1.O=S(=O)(Nc1cccnc1NC1CCCCC1)c1ccc(Cl)s1.O=S(=O)(Nc1cccnc1Nc1ccccc1)c1ccc(Cl)s1. The molecule has 8 aromatic heterocycles. The van der Waals surface area contributed by atoms with Crippen LogP contribution >= 0.6 is 103 Å². The number of nitrogens with one attached hydrogen (secondary N) is 7. The van der Waals surface area contributed by atoms with Crippen LogP contribution in [0.4, 0.5) is 57.3 Å². The number of thiophene rings is 5. The number of pyridine rings is 3. The van der Waals surface area contributed by atoms with Gasteiger partial charge in [0.05, 0.1) is 47.1 Å². The van der Waals surface area contributed by atoms with Crippen molar-refractivity contribution in [2.75, 3.05) is 70.2 Å². The minimum absolute atomic E-state index is 0.150. The number of aromatic nitrogens is 3. The minimum atomic E-state index is -3.70. The summed E-state index contributed by atoms with van der Waals surface area (Å²) in [6.07, 6.45) is 17.6. The lowest BCUT2D eigenvalue weighted by Gasteiger charge is -2.30. The average Bonchev–Trinajstić information content (AvgIpc) is 1.80. The van der Waals surface area contributed by atoms with E-state index in [1.807, 2.05) is 111 Å². The Morgan fingerprint density at radius 2 is 0.761 bits per heavy atom. The van der Waals surface area contributed by atoms with Gasteiger partial charge in [-0.3, -0.25) is 23.6 Å². The summed E-state index contributed by atoms with van der Waals surface area (Å²) >= 11 is 29.1. The minimum Gasteiger partial charge on any atom is -0.370 e. The number of halogens is 4. The number of hydrogen-bond acceptors (Lipinski definition) is 22. The summed E-state index contributed by atoms with van der Waals surface area (Å²) in [5.41, 5.74) is 6.00. The normalized spacial score (nSPS) is 14.0. The van der Waals surface area contributed by atoms with Crippen LogP contribution in [-0.4, -0.2) is 89.3 Å². The summed E-state index contributed by atoms with van der Waals surface area (Å²) in [6.45, 7) is 7.46. The van der Waals surface area contributed by atoms with Gasteiger partial charge in [0.2, 0.25) is 0 Å². The molecule has 12 aromatic rings.